The van der Waals surface area contributed by atoms with E-state index in [2.05, 4.69) is 53.1 Å². The second kappa shape index (κ2) is 2.70. The molecule has 0 heterocycles. The van der Waals surface area contributed by atoms with Crippen LogP contribution in [0.2, 0.25) is 0 Å². The van der Waals surface area contributed by atoms with Crippen molar-refractivity contribution in [2.75, 3.05) is 0 Å². The summed E-state index contributed by atoms with van der Waals surface area (Å²) in [7, 11) is 0. The molecule has 0 nitrogen and oxygen atoms in total. The minimum atomic E-state index is 1.33. The van der Waals surface area contributed by atoms with Gasteiger partial charge in [-0.3, -0.25) is 0 Å². The summed E-state index contributed by atoms with van der Waals surface area (Å²) in [5.41, 5.74) is 2.68. The molecule has 0 saturated carbocycles. The fourth-order valence-electron chi connectivity index (χ4n) is 0.674. The van der Waals surface area contributed by atoms with Crippen LogP contribution in [0.4, 0.5) is 0 Å². The number of hydrogen-bond acceptors (Lipinski definition) is 0. The molecule has 1 aromatic rings. The van der Waals surface area contributed by atoms with E-state index in [0.29, 0.717) is 0 Å². The van der Waals surface area contributed by atoms with Gasteiger partial charge in [-0.25, -0.2) is 0 Å². The van der Waals surface area contributed by atoms with Gasteiger partial charge >= 0.3 is 68.0 Å². The Morgan fingerprint density at radius 3 is 2.33 bits per heavy atom. The Kier molecular flexibility index (Phi) is 2.12. The zero-order chi connectivity index (χ0) is 6.85. The van der Waals surface area contributed by atoms with Crippen molar-refractivity contribution in [3.8, 4) is 0 Å². The number of aryl methyl sites for hydroxylation is 2. The molecule has 0 fully saturated rings. The molecule has 1 heteroatoms. The molecule has 0 aromatic heterocycles. The van der Waals surface area contributed by atoms with Crippen LogP contribution in [0.5, 0.6) is 0 Å². The second-order valence-corrected chi connectivity index (χ2v) is 3.38. The molecule has 0 saturated heterocycles. The molecule has 0 spiro atoms. The third-order valence-electron chi connectivity index (χ3n) is 1.29. The molecule has 1 aromatic carbocycles. The van der Waals surface area contributed by atoms with Crippen LogP contribution >= 0.6 is 0 Å². The summed E-state index contributed by atoms with van der Waals surface area (Å²) >= 11 is 2.53. The van der Waals surface area contributed by atoms with Gasteiger partial charge in [0, 0.05) is 0 Å². The quantitative estimate of drug-likeness (QED) is 0.637. The van der Waals surface area contributed by atoms with Crippen molar-refractivity contribution in [3.05, 3.63) is 29.3 Å². The third kappa shape index (κ3) is 1.68. The molecular formula is C8H9Au. The fraction of sp³-hybridized carbons (Fsp3) is 0.250. The van der Waals surface area contributed by atoms with Crippen LogP contribution < -0.4 is 3.78 Å². The van der Waals surface area contributed by atoms with Crippen molar-refractivity contribution < 1.29 is 21.1 Å². The first-order valence-electron chi connectivity index (χ1n) is 2.89. The molecule has 0 unspecified atom stereocenters. The Morgan fingerprint density at radius 1 is 1.22 bits per heavy atom. The minimum absolute atomic E-state index is 1.33. The summed E-state index contributed by atoms with van der Waals surface area (Å²) in [6.07, 6.45) is 0. The number of hydrogen-bond donors (Lipinski definition) is 0. The van der Waals surface area contributed by atoms with Crippen LogP contribution in [0.15, 0.2) is 18.2 Å². The summed E-state index contributed by atoms with van der Waals surface area (Å²) in [6, 6.07) is 6.45. The molecule has 0 radical (unpaired) electrons. The van der Waals surface area contributed by atoms with Crippen molar-refractivity contribution in [2.24, 2.45) is 0 Å². The van der Waals surface area contributed by atoms with E-state index in [1.165, 1.54) is 14.9 Å². The monoisotopic (exact) mass is 302 g/mol. The molecule has 0 aliphatic heterocycles. The van der Waals surface area contributed by atoms with E-state index in [-0.39, 0.29) is 0 Å². The molecule has 1 rings (SSSR count). The van der Waals surface area contributed by atoms with Gasteiger partial charge in [-0.1, -0.05) is 0 Å². The van der Waals surface area contributed by atoms with Gasteiger partial charge in [0.2, 0.25) is 0 Å². The molecule has 0 aliphatic carbocycles. The van der Waals surface area contributed by atoms with Crippen LogP contribution in [0, 0.1) is 13.8 Å². The standard InChI is InChI=1S/C8H9.Au/c1-7-3-5-8(2)6-4-7;/h3-5H,1-2H3;. The molecule has 0 N–H and O–H groups in total. The molecule has 9 heavy (non-hydrogen) atoms. The predicted molar refractivity (Wildman–Crippen MR) is 35.5 cm³/mol. The maximum absolute atomic E-state index is 2.53. The Balaban J connectivity index is 3.17. The first-order valence-corrected chi connectivity index (χ1v) is 3.97. The van der Waals surface area contributed by atoms with E-state index >= 15 is 0 Å². The van der Waals surface area contributed by atoms with E-state index in [0.717, 1.165) is 0 Å². The van der Waals surface area contributed by atoms with E-state index in [4.69, 9.17) is 0 Å². The summed E-state index contributed by atoms with van der Waals surface area (Å²) in [6.45, 7) is 4.23. The van der Waals surface area contributed by atoms with E-state index in [1.807, 2.05) is 0 Å². The van der Waals surface area contributed by atoms with Gasteiger partial charge in [0.05, 0.1) is 0 Å². The van der Waals surface area contributed by atoms with Gasteiger partial charge in [-0.2, -0.15) is 0 Å². The van der Waals surface area contributed by atoms with Gasteiger partial charge in [-0.15, -0.1) is 0 Å². The van der Waals surface area contributed by atoms with Crippen molar-refractivity contribution >= 4 is 3.78 Å². The molecular weight excluding hydrogens is 293 g/mol. The Morgan fingerprint density at radius 2 is 1.89 bits per heavy atom. The summed E-state index contributed by atoms with van der Waals surface area (Å²) < 4.78 is 1.33. The van der Waals surface area contributed by atoms with Gasteiger partial charge in [-0.05, 0) is 0 Å². The zero-order valence-electron chi connectivity index (χ0n) is 5.53. The predicted octanol–water partition coefficient (Wildman–Crippen LogP) is 1.48. The van der Waals surface area contributed by atoms with Crippen LogP contribution in [-0.2, 0) is 21.1 Å². The van der Waals surface area contributed by atoms with E-state index < -0.39 is 0 Å². The average Bonchev–Trinajstić information content (AvgIpc) is 1.80. The molecule has 0 bridgehead atoms. The summed E-state index contributed by atoms with van der Waals surface area (Å²) in [5, 5.41) is 0. The molecule has 0 aliphatic rings. The van der Waals surface area contributed by atoms with Gasteiger partial charge in [0.25, 0.3) is 0 Å². The van der Waals surface area contributed by atoms with Crippen molar-refractivity contribution in [1.29, 1.82) is 0 Å². The second-order valence-electron chi connectivity index (χ2n) is 2.21. The zero-order valence-corrected chi connectivity index (χ0v) is 7.70. The SMILES string of the molecule is Cc1ccc(C)[c]([Au])c1. The summed E-state index contributed by atoms with van der Waals surface area (Å²) in [4.78, 5) is 0. The van der Waals surface area contributed by atoms with Crippen LogP contribution in [-0.4, -0.2) is 0 Å². The maximum atomic E-state index is 2.53. The number of benzene rings is 1. The van der Waals surface area contributed by atoms with Gasteiger partial charge < -0.3 is 0 Å². The van der Waals surface area contributed by atoms with Crippen LogP contribution in [0.1, 0.15) is 11.1 Å². The van der Waals surface area contributed by atoms with Crippen LogP contribution in [0.3, 0.4) is 0 Å². The summed E-state index contributed by atoms with van der Waals surface area (Å²) in [5.74, 6) is 0. The Labute approximate surface area is 68.2 Å². The molecule has 52 valence electrons. The van der Waals surface area contributed by atoms with Crippen molar-refractivity contribution in [1.82, 2.24) is 0 Å². The normalized spacial score (nSPS) is 9.78. The van der Waals surface area contributed by atoms with Crippen LogP contribution in [0.25, 0.3) is 0 Å². The molecule has 0 atom stereocenters. The first-order chi connectivity index (χ1) is 4.20. The van der Waals surface area contributed by atoms with Gasteiger partial charge in [0.1, 0.15) is 0 Å². The molecule has 0 amide bonds. The van der Waals surface area contributed by atoms with Gasteiger partial charge in [0.15, 0.2) is 0 Å². The Hall–Kier alpha value is -0.0397. The first kappa shape index (κ1) is 7.07. The Bertz CT molecular complexity index is 216. The van der Waals surface area contributed by atoms with E-state index in [1.54, 1.807) is 0 Å². The topological polar surface area (TPSA) is 0 Å². The van der Waals surface area contributed by atoms with Crippen molar-refractivity contribution in [2.45, 2.75) is 13.8 Å². The third-order valence-corrected chi connectivity index (χ3v) is 2.45. The van der Waals surface area contributed by atoms with Crippen molar-refractivity contribution in [3.63, 3.8) is 0 Å². The average molecular weight is 302 g/mol. The number of rotatable bonds is 0. The fourth-order valence-corrected chi connectivity index (χ4v) is 1.35. The van der Waals surface area contributed by atoms with E-state index in [9.17, 15) is 0 Å².